The molecule has 5 rings (SSSR count). The Labute approximate surface area is 185 Å². The number of carbonyl (C=O) groups is 2. The van der Waals surface area contributed by atoms with E-state index in [1.807, 2.05) is 42.5 Å². The number of benzene rings is 4. The van der Waals surface area contributed by atoms with Gasteiger partial charge in [0.1, 0.15) is 4.90 Å². The van der Waals surface area contributed by atoms with Crippen LogP contribution in [0.4, 0.5) is 5.69 Å². The van der Waals surface area contributed by atoms with E-state index in [2.05, 4.69) is 5.32 Å². The molecule has 0 spiro atoms. The Kier molecular flexibility index (Phi) is 4.75. The summed E-state index contributed by atoms with van der Waals surface area (Å²) >= 11 is 0. The van der Waals surface area contributed by atoms with Crippen LogP contribution in [0.25, 0.3) is 10.8 Å². The van der Waals surface area contributed by atoms with Crippen LogP contribution in [0, 0.1) is 0 Å². The lowest BCUT2D eigenvalue weighted by Gasteiger charge is -2.15. The van der Waals surface area contributed by atoms with Gasteiger partial charge in [0, 0.05) is 16.6 Å². The van der Waals surface area contributed by atoms with Gasteiger partial charge in [-0.15, -0.1) is 0 Å². The molecule has 0 atom stereocenters. The van der Waals surface area contributed by atoms with Crippen LogP contribution in [0.3, 0.4) is 0 Å². The largest absolute Gasteiger partial charge is 0.321 e. The highest BCUT2D eigenvalue weighted by molar-refractivity contribution is 7.90. The SMILES string of the molecule is O=C(Nc1cccc2ccccc12)c1ccc(CN2C(=O)c3ccccc3S2(=O)=O)cc1. The molecular formula is C25H18N2O4S. The number of anilines is 1. The molecule has 0 aromatic heterocycles. The van der Waals surface area contributed by atoms with Gasteiger partial charge in [-0.3, -0.25) is 9.59 Å². The summed E-state index contributed by atoms with van der Waals surface area (Å²) in [5, 5.41) is 4.89. The van der Waals surface area contributed by atoms with E-state index >= 15 is 0 Å². The number of rotatable bonds is 4. The molecule has 0 fully saturated rings. The van der Waals surface area contributed by atoms with Gasteiger partial charge < -0.3 is 5.32 Å². The highest BCUT2D eigenvalue weighted by Gasteiger charge is 2.40. The Balaban J connectivity index is 1.35. The predicted octanol–water partition coefficient (Wildman–Crippen LogP) is 4.44. The van der Waals surface area contributed by atoms with Crippen molar-refractivity contribution in [2.24, 2.45) is 0 Å². The number of sulfonamides is 1. The molecule has 0 saturated carbocycles. The molecule has 0 saturated heterocycles. The maximum atomic E-state index is 12.7. The average Bonchev–Trinajstić information content (AvgIpc) is 3.00. The molecule has 4 aromatic rings. The molecule has 2 amide bonds. The predicted molar refractivity (Wildman–Crippen MR) is 122 cm³/mol. The summed E-state index contributed by atoms with van der Waals surface area (Å²) in [7, 11) is -3.88. The highest BCUT2D eigenvalue weighted by atomic mass is 32.2. The van der Waals surface area contributed by atoms with Crippen molar-refractivity contribution in [3.8, 4) is 0 Å². The third kappa shape index (κ3) is 3.33. The number of hydrogen-bond acceptors (Lipinski definition) is 4. The van der Waals surface area contributed by atoms with Crippen molar-refractivity contribution in [3.05, 3.63) is 108 Å². The van der Waals surface area contributed by atoms with Crippen molar-refractivity contribution in [3.63, 3.8) is 0 Å². The van der Waals surface area contributed by atoms with Crippen molar-refractivity contribution >= 4 is 38.3 Å². The zero-order chi connectivity index (χ0) is 22.3. The second-order valence-electron chi connectivity index (χ2n) is 7.49. The Morgan fingerprint density at radius 1 is 0.812 bits per heavy atom. The molecule has 1 aliphatic heterocycles. The van der Waals surface area contributed by atoms with Crippen molar-refractivity contribution in [1.82, 2.24) is 4.31 Å². The smallest absolute Gasteiger partial charge is 0.269 e. The fourth-order valence-corrected chi connectivity index (χ4v) is 5.40. The first-order chi connectivity index (χ1) is 15.4. The molecule has 1 N–H and O–H groups in total. The summed E-state index contributed by atoms with van der Waals surface area (Å²) in [4.78, 5) is 25.4. The number of fused-ring (bicyclic) bond motifs is 2. The maximum Gasteiger partial charge on any atom is 0.269 e. The highest BCUT2D eigenvalue weighted by Crippen LogP contribution is 2.31. The molecule has 0 bridgehead atoms. The van der Waals surface area contributed by atoms with E-state index in [4.69, 9.17) is 0 Å². The normalized spacial score (nSPS) is 14.4. The number of amides is 2. The number of nitrogens with zero attached hydrogens (tertiary/aromatic N) is 1. The zero-order valence-corrected chi connectivity index (χ0v) is 17.7. The molecule has 0 unspecified atom stereocenters. The van der Waals surface area contributed by atoms with Crippen LogP contribution in [0.15, 0.2) is 95.9 Å². The Morgan fingerprint density at radius 3 is 2.28 bits per heavy atom. The average molecular weight is 442 g/mol. The van der Waals surface area contributed by atoms with E-state index < -0.39 is 15.9 Å². The summed E-state index contributed by atoms with van der Waals surface area (Å²) in [5.74, 6) is -0.816. The molecular weight excluding hydrogens is 424 g/mol. The first-order valence-corrected chi connectivity index (χ1v) is 11.4. The Bertz CT molecular complexity index is 1470. The van der Waals surface area contributed by atoms with Gasteiger partial charge in [-0.05, 0) is 41.3 Å². The van der Waals surface area contributed by atoms with E-state index in [1.54, 1.807) is 36.4 Å². The van der Waals surface area contributed by atoms with Crippen molar-refractivity contribution in [2.75, 3.05) is 5.32 Å². The summed E-state index contributed by atoms with van der Waals surface area (Å²) in [6, 6.07) is 26.2. The van der Waals surface area contributed by atoms with E-state index in [-0.39, 0.29) is 22.9 Å². The van der Waals surface area contributed by atoms with Crippen LogP contribution in [-0.4, -0.2) is 24.5 Å². The molecule has 1 aliphatic rings. The minimum atomic E-state index is -3.88. The zero-order valence-electron chi connectivity index (χ0n) is 16.9. The molecule has 4 aromatic carbocycles. The summed E-state index contributed by atoms with van der Waals surface area (Å²) in [6.45, 7) is -0.0962. The second kappa shape index (κ2) is 7.62. The first kappa shape index (κ1) is 20.0. The van der Waals surface area contributed by atoms with Crippen LogP contribution in [-0.2, 0) is 16.6 Å². The van der Waals surface area contributed by atoms with Crippen molar-refractivity contribution < 1.29 is 18.0 Å². The molecule has 158 valence electrons. The van der Waals surface area contributed by atoms with Gasteiger partial charge in [0.15, 0.2) is 0 Å². The van der Waals surface area contributed by atoms with E-state index in [0.29, 0.717) is 16.8 Å². The second-order valence-corrected chi connectivity index (χ2v) is 9.32. The first-order valence-electron chi connectivity index (χ1n) is 9.99. The Hall–Kier alpha value is -3.97. The van der Waals surface area contributed by atoms with E-state index in [9.17, 15) is 18.0 Å². The summed E-state index contributed by atoms with van der Waals surface area (Å²) < 4.78 is 26.3. The monoisotopic (exact) mass is 442 g/mol. The van der Waals surface area contributed by atoms with Gasteiger partial charge in [0.2, 0.25) is 0 Å². The van der Waals surface area contributed by atoms with Gasteiger partial charge in [0.05, 0.1) is 12.1 Å². The van der Waals surface area contributed by atoms with Crippen LogP contribution in [0.2, 0.25) is 0 Å². The minimum absolute atomic E-state index is 0.0242. The van der Waals surface area contributed by atoms with Gasteiger partial charge in [0.25, 0.3) is 21.8 Å². The lowest BCUT2D eigenvalue weighted by Crippen LogP contribution is -2.29. The topological polar surface area (TPSA) is 83.6 Å². The molecule has 0 radical (unpaired) electrons. The summed E-state index contributed by atoms with van der Waals surface area (Å²) in [6.07, 6.45) is 0. The van der Waals surface area contributed by atoms with Gasteiger partial charge in [-0.1, -0.05) is 60.7 Å². The molecule has 0 aliphatic carbocycles. The van der Waals surface area contributed by atoms with Crippen molar-refractivity contribution in [1.29, 1.82) is 0 Å². The molecule has 7 heteroatoms. The fourth-order valence-electron chi connectivity index (χ4n) is 3.84. The van der Waals surface area contributed by atoms with E-state index in [1.165, 1.54) is 12.1 Å². The molecule has 1 heterocycles. The third-order valence-corrected chi connectivity index (χ3v) is 7.28. The maximum absolute atomic E-state index is 12.7. The van der Waals surface area contributed by atoms with Crippen LogP contribution < -0.4 is 5.32 Å². The molecule has 6 nitrogen and oxygen atoms in total. The quantitative estimate of drug-likeness (QED) is 0.507. The van der Waals surface area contributed by atoms with Gasteiger partial charge in [-0.25, -0.2) is 12.7 Å². The summed E-state index contributed by atoms with van der Waals surface area (Å²) in [5.41, 5.74) is 1.93. The molecule has 32 heavy (non-hydrogen) atoms. The lowest BCUT2D eigenvalue weighted by molar-refractivity contribution is 0.0864. The third-order valence-electron chi connectivity index (χ3n) is 5.49. The number of carbonyl (C=O) groups excluding carboxylic acids is 2. The van der Waals surface area contributed by atoms with Crippen LogP contribution in [0.1, 0.15) is 26.3 Å². The van der Waals surface area contributed by atoms with Gasteiger partial charge in [-0.2, -0.15) is 0 Å². The standard InChI is InChI=1S/C25H18N2O4S/c28-24(26-22-10-5-7-18-6-1-2-8-20(18)22)19-14-12-17(13-15-19)16-27-25(29)21-9-3-4-11-23(21)32(27,30)31/h1-15H,16H2,(H,26,28). The van der Waals surface area contributed by atoms with Gasteiger partial charge >= 0.3 is 0 Å². The number of hydrogen-bond donors (Lipinski definition) is 1. The number of nitrogens with one attached hydrogen (secondary N) is 1. The van der Waals surface area contributed by atoms with Crippen molar-refractivity contribution in [2.45, 2.75) is 11.4 Å². The fraction of sp³-hybridized carbons (Fsp3) is 0.0400. The Morgan fingerprint density at radius 2 is 1.50 bits per heavy atom. The van der Waals surface area contributed by atoms with Crippen LogP contribution in [0.5, 0.6) is 0 Å². The van der Waals surface area contributed by atoms with E-state index in [0.717, 1.165) is 15.1 Å². The minimum Gasteiger partial charge on any atom is -0.321 e. The van der Waals surface area contributed by atoms with Crippen LogP contribution >= 0.6 is 0 Å². The lowest BCUT2D eigenvalue weighted by atomic mass is 10.1.